The highest BCUT2D eigenvalue weighted by molar-refractivity contribution is 5.92. The molecule has 2 N–H and O–H groups in total. The van der Waals surface area contributed by atoms with Crippen LogP contribution in [-0.4, -0.2) is 42.1 Å². The summed E-state index contributed by atoms with van der Waals surface area (Å²) in [4.78, 5) is 42.5. The second-order valence-corrected chi connectivity index (χ2v) is 6.50. The molecule has 0 aromatic carbocycles. The topological polar surface area (TPSA) is 116 Å². The number of carbonyl (C=O) groups excluding carboxylic acids is 1. The van der Waals surface area contributed by atoms with Crippen molar-refractivity contribution in [3.05, 3.63) is 61.6 Å². The van der Waals surface area contributed by atoms with E-state index in [2.05, 4.69) is 20.3 Å². The Morgan fingerprint density at radius 3 is 2.81 bits per heavy atom. The van der Waals surface area contributed by atoms with Crippen LogP contribution in [0.5, 0.6) is 0 Å². The molecule has 9 nitrogen and oxygen atoms in total. The van der Waals surface area contributed by atoms with Crippen molar-refractivity contribution in [3.63, 3.8) is 0 Å². The van der Waals surface area contributed by atoms with Crippen molar-refractivity contribution in [1.29, 1.82) is 0 Å². The Bertz CT molecular complexity index is 1110. The van der Waals surface area contributed by atoms with Crippen LogP contribution in [0.1, 0.15) is 46.3 Å². The number of aromatic nitrogens is 5. The molecule has 3 aromatic heterocycles. The lowest BCUT2D eigenvalue weighted by Gasteiger charge is -2.23. The van der Waals surface area contributed by atoms with Crippen LogP contribution in [-0.2, 0) is 0 Å². The molecule has 0 spiro atoms. The van der Waals surface area contributed by atoms with Crippen molar-refractivity contribution < 1.29 is 4.79 Å². The van der Waals surface area contributed by atoms with Gasteiger partial charge in [0, 0.05) is 29.9 Å². The van der Waals surface area contributed by atoms with Crippen LogP contribution in [0.2, 0.25) is 0 Å². The molecule has 0 radical (unpaired) electrons. The Balaban J connectivity index is 1.72. The van der Waals surface area contributed by atoms with Gasteiger partial charge in [-0.05, 0) is 32.8 Å². The Morgan fingerprint density at radius 2 is 2.08 bits per heavy atom. The standard InChI is InChI=1S/C17H18N6O3/c1-9-10(2)18-14-8-12(21-23(14)16(9)25)13-4-3-7-22(13)17(26)11-5-6-15(24)20-19-11/h5-6,8,13,21H,3-4,7H2,1-2H3,(H,20,24)/t13-/m1/s1. The fraction of sp³-hybridized carbons (Fsp3) is 0.353. The van der Waals surface area contributed by atoms with Gasteiger partial charge in [-0.3, -0.25) is 19.5 Å². The van der Waals surface area contributed by atoms with E-state index in [1.165, 1.54) is 16.6 Å². The lowest BCUT2D eigenvalue weighted by Crippen LogP contribution is -2.32. The number of amides is 1. The quantitative estimate of drug-likeness (QED) is 0.703. The fourth-order valence-electron chi connectivity index (χ4n) is 3.35. The smallest absolute Gasteiger partial charge is 0.275 e. The van der Waals surface area contributed by atoms with Crippen molar-refractivity contribution in [2.75, 3.05) is 6.54 Å². The first-order chi connectivity index (χ1) is 12.5. The van der Waals surface area contributed by atoms with E-state index in [0.29, 0.717) is 23.4 Å². The summed E-state index contributed by atoms with van der Waals surface area (Å²) >= 11 is 0. The Kier molecular flexibility index (Phi) is 3.71. The Hall–Kier alpha value is -3.23. The molecule has 1 aliphatic rings. The predicted octanol–water partition coefficient (Wildman–Crippen LogP) is 0.700. The number of nitrogens with zero attached hydrogens (tertiary/aromatic N) is 4. The first-order valence-corrected chi connectivity index (χ1v) is 8.41. The van der Waals surface area contributed by atoms with E-state index >= 15 is 0 Å². The summed E-state index contributed by atoms with van der Waals surface area (Å²) in [5.41, 5.74) is 2.27. The van der Waals surface area contributed by atoms with E-state index < -0.39 is 0 Å². The number of hydrogen-bond acceptors (Lipinski definition) is 5. The Morgan fingerprint density at radius 1 is 1.27 bits per heavy atom. The zero-order valence-corrected chi connectivity index (χ0v) is 14.4. The molecular weight excluding hydrogens is 336 g/mol. The second kappa shape index (κ2) is 5.94. The molecule has 4 heterocycles. The van der Waals surface area contributed by atoms with Crippen molar-refractivity contribution in [2.24, 2.45) is 0 Å². The highest BCUT2D eigenvalue weighted by Gasteiger charge is 2.32. The first kappa shape index (κ1) is 16.2. The molecule has 1 atom stereocenters. The molecule has 0 unspecified atom stereocenters. The largest absolute Gasteiger partial charge is 0.329 e. The molecule has 1 aliphatic heterocycles. The van der Waals surface area contributed by atoms with Gasteiger partial charge >= 0.3 is 0 Å². The molecule has 26 heavy (non-hydrogen) atoms. The van der Waals surface area contributed by atoms with Gasteiger partial charge in [0.2, 0.25) is 0 Å². The molecule has 9 heteroatoms. The number of aromatic amines is 2. The van der Waals surface area contributed by atoms with Gasteiger partial charge in [-0.1, -0.05) is 0 Å². The summed E-state index contributed by atoms with van der Waals surface area (Å²) in [6, 6.07) is 4.31. The van der Waals surface area contributed by atoms with Gasteiger partial charge in [-0.2, -0.15) is 5.10 Å². The molecule has 0 saturated carbocycles. The number of rotatable bonds is 2. The van der Waals surface area contributed by atoms with E-state index in [4.69, 9.17) is 0 Å². The van der Waals surface area contributed by atoms with Gasteiger partial charge < -0.3 is 4.90 Å². The number of aryl methyl sites for hydroxylation is 1. The number of H-pyrrole nitrogens is 2. The minimum absolute atomic E-state index is 0.142. The van der Waals surface area contributed by atoms with Gasteiger partial charge in [0.25, 0.3) is 17.0 Å². The van der Waals surface area contributed by atoms with E-state index in [9.17, 15) is 14.4 Å². The van der Waals surface area contributed by atoms with Crippen LogP contribution < -0.4 is 11.1 Å². The van der Waals surface area contributed by atoms with Gasteiger partial charge in [0.05, 0.1) is 11.7 Å². The third kappa shape index (κ3) is 2.52. The molecule has 1 saturated heterocycles. The highest BCUT2D eigenvalue weighted by Crippen LogP contribution is 2.32. The summed E-state index contributed by atoms with van der Waals surface area (Å²) in [7, 11) is 0. The van der Waals surface area contributed by atoms with Crippen molar-refractivity contribution in [3.8, 4) is 0 Å². The number of likely N-dealkylation sites (tertiary alicyclic amines) is 1. The van der Waals surface area contributed by atoms with Crippen molar-refractivity contribution in [2.45, 2.75) is 32.7 Å². The zero-order chi connectivity index (χ0) is 18.4. The summed E-state index contributed by atoms with van der Waals surface area (Å²) in [5.74, 6) is -0.255. The highest BCUT2D eigenvalue weighted by atomic mass is 16.2. The average molecular weight is 354 g/mol. The molecule has 3 aromatic rings. The minimum Gasteiger partial charge on any atom is -0.329 e. The molecule has 1 fully saturated rings. The molecule has 134 valence electrons. The molecule has 4 rings (SSSR count). The van der Waals surface area contributed by atoms with E-state index in [1.54, 1.807) is 18.7 Å². The normalized spacial score (nSPS) is 17.2. The maximum absolute atomic E-state index is 12.8. The average Bonchev–Trinajstić information content (AvgIpc) is 3.26. The predicted molar refractivity (Wildman–Crippen MR) is 93.2 cm³/mol. The van der Waals surface area contributed by atoms with Crippen LogP contribution >= 0.6 is 0 Å². The van der Waals surface area contributed by atoms with Gasteiger partial charge in [0.15, 0.2) is 5.65 Å². The van der Waals surface area contributed by atoms with Gasteiger partial charge in [0.1, 0.15) is 5.69 Å². The van der Waals surface area contributed by atoms with Crippen LogP contribution in [0.4, 0.5) is 0 Å². The molecular formula is C17H18N6O3. The summed E-state index contributed by atoms with van der Waals surface area (Å²) < 4.78 is 1.41. The lowest BCUT2D eigenvalue weighted by molar-refractivity contribution is 0.0725. The minimum atomic E-state index is -0.355. The number of carbonyl (C=O) groups is 1. The van der Waals surface area contributed by atoms with Gasteiger partial charge in [-0.15, -0.1) is 0 Å². The van der Waals surface area contributed by atoms with Gasteiger partial charge in [-0.25, -0.2) is 14.6 Å². The van der Waals surface area contributed by atoms with Crippen LogP contribution in [0.3, 0.4) is 0 Å². The fourth-order valence-corrected chi connectivity index (χ4v) is 3.35. The molecule has 1 amide bonds. The zero-order valence-electron chi connectivity index (χ0n) is 14.4. The molecule has 0 bridgehead atoms. The number of nitrogens with one attached hydrogen (secondary N) is 2. The van der Waals surface area contributed by atoms with Crippen molar-refractivity contribution in [1.82, 2.24) is 29.7 Å². The van der Waals surface area contributed by atoms with Crippen LogP contribution in [0, 0.1) is 13.8 Å². The Labute approximate surface area is 147 Å². The summed E-state index contributed by atoms with van der Waals surface area (Å²) in [6.07, 6.45) is 1.62. The van der Waals surface area contributed by atoms with Crippen LogP contribution in [0.15, 0.2) is 27.8 Å². The summed E-state index contributed by atoms with van der Waals surface area (Å²) in [6.45, 7) is 4.13. The second-order valence-electron chi connectivity index (χ2n) is 6.50. The maximum Gasteiger partial charge on any atom is 0.275 e. The van der Waals surface area contributed by atoms with E-state index in [0.717, 1.165) is 18.5 Å². The van der Waals surface area contributed by atoms with E-state index in [1.807, 2.05) is 6.07 Å². The lowest BCUT2D eigenvalue weighted by atomic mass is 10.1. The molecule has 0 aliphatic carbocycles. The first-order valence-electron chi connectivity index (χ1n) is 8.41. The summed E-state index contributed by atoms with van der Waals surface area (Å²) in [5, 5.41) is 9.20. The number of fused-ring (bicyclic) bond motifs is 1. The third-order valence-corrected chi connectivity index (χ3v) is 4.87. The number of hydrogen-bond donors (Lipinski definition) is 2. The monoisotopic (exact) mass is 354 g/mol. The SMILES string of the molecule is Cc1nc2cc([C@H]3CCCN3C(=O)c3ccc(=O)[nH]n3)[nH]n2c(=O)c1C. The third-order valence-electron chi connectivity index (χ3n) is 4.87. The van der Waals surface area contributed by atoms with Crippen molar-refractivity contribution >= 4 is 11.6 Å². The van der Waals surface area contributed by atoms with Crippen LogP contribution in [0.25, 0.3) is 5.65 Å². The maximum atomic E-state index is 12.8. The van der Waals surface area contributed by atoms with E-state index in [-0.39, 0.29) is 28.8 Å².